The average Bonchev–Trinajstić information content (AvgIpc) is 3.51. The highest BCUT2D eigenvalue weighted by Crippen LogP contribution is 2.52. The Hall–Kier alpha value is -3.82. The van der Waals surface area contributed by atoms with Gasteiger partial charge in [-0.1, -0.05) is 91.0 Å². The molecule has 1 aliphatic rings. The highest BCUT2D eigenvalue weighted by molar-refractivity contribution is 7.53. The number of carboxylic acid groups (broad SMARTS) is 1. The van der Waals surface area contributed by atoms with Gasteiger partial charge in [0.15, 0.2) is 6.10 Å². The molecule has 0 spiro atoms. The fourth-order valence-electron chi connectivity index (χ4n) is 6.05. The number of likely N-dealkylation sites (tertiary alicyclic amines) is 1. The van der Waals surface area contributed by atoms with Crippen molar-refractivity contribution in [2.45, 2.75) is 83.6 Å². The Balaban J connectivity index is 1.43. The topological polar surface area (TPSA) is 128 Å². The fraction of sp³-hybridized carbons (Fsp3) is 0.432. The third-order valence-electron chi connectivity index (χ3n) is 8.82. The monoisotopic (exact) mass is 679 g/mol. The smallest absolute Gasteiger partial charge is 0.445 e. The number of amides is 3. The first-order valence-electron chi connectivity index (χ1n) is 16.8. The van der Waals surface area contributed by atoms with Gasteiger partial charge < -0.3 is 19.7 Å². The lowest BCUT2D eigenvalue weighted by Gasteiger charge is -2.33. The molecule has 3 aromatic rings. The van der Waals surface area contributed by atoms with E-state index in [0.717, 1.165) is 24.0 Å². The summed E-state index contributed by atoms with van der Waals surface area (Å²) in [4.78, 5) is 39.0. The number of benzene rings is 3. The van der Waals surface area contributed by atoms with Gasteiger partial charge in [0.2, 0.25) is 0 Å². The van der Waals surface area contributed by atoms with Crippen LogP contribution in [0.1, 0.15) is 68.6 Å². The molecular weight excluding hydrogens is 631 g/mol. The minimum atomic E-state index is -3.86. The molecule has 258 valence electrons. The van der Waals surface area contributed by atoms with Gasteiger partial charge in [0.25, 0.3) is 0 Å². The van der Waals surface area contributed by atoms with Crippen molar-refractivity contribution in [1.82, 2.24) is 5.32 Å². The van der Waals surface area contributed by atoms with Gasteiger partial charge in [-0.3, -0.25) is 9.09 Å². The Bertz CT molecular complexity index is 1490. The Morgan fingerprint density at radius 3 is 2.04 bits per heavy atom. The predicted octanol–water partition coefficient (Wildman–Crippen LogP) is 8.10. The van der Waals surface area contributed by atoms with E-state index < -0.39 is 42.3 Å². The minimum Gasteiger partial charge on any atom is -0.445 e. The van der Waals surface area contributed by atoms with Crippen LogP contribution in [0, 0.1) is 0 Å². The van der Waals surface area contributed by atoms with Gasteiger partial charge in [-0.2, -0.15) is 9.28 Å². The van der Waals surface area contributed by atoms with Crippen LogP contribution in [0.5, 0.6) is 0 Å². The van der Waals surface area contributed by atoms with Gasteiger partial charge in [0.05, 0.1) is 19.3 Å². The number of unbranched alkanes of at least 4 members (excludes halogenated alkanes) is 2. The summed E-state index contributed by atoms with van der Waals surface area (Å²) in [5.74, 6) is -0.615. The number of carbonyl (C=O) groups is 3. The van der Waals surface area contributed by atoms with Crippen LogP contribution in [0.15, 0.2) is 91.0 Å². The largest absolute Gasteiger partial charge is 0.521 e. The number of hydrogen-bond donors (Lipinski definition) is 2. The average molecular weight is 680 g/mol. The number of ether oxygens (including phenoxy) is 1. The van der Waals surface area contributed by atoms with Crippen LogP contribution in [0.4, 0.5) is 9.59 Å². The SMILES string of the molecule is C[C@@H]1CCC[N+]1(C(=O)O)C(=O)[C@H](CCCCNC(=O)OCc1ccccc1)OP(=O)(CCCCc1ccccc1)OCc1ccccc1. The predicted molar refractivity (Wildman–Crippen MR) is 183 cm³/mol. The summed E-state index contributed by atoms with van der Waals surface area (Å²) < 4.78 is 31.2. The normalized spacial score (nSPS) is 19.2. The van der Waals surface area contributed by atoms with Gasteiger partial charge in [-0.05, 0) is 62.1 Å². The molecule has 4 atom stereocenters. The van der Waals surface area contributed by atoms with Crippen LogP contribution in [0.2, 0.25) is 0 Å². The van der Waals surface area contributed by atoms with E-state index in [2.05, 4.69) is 5.32 Å². The molecule has 1 saturated heterocycles. The van der Waals surface area contributed by atoms with Crippen LogP contribution in [0.3, 0.4) is 0 Å². The standard InChI is InChI=1S/C37H47N2O8P/c1-30-16-15-26-39(30,37(42)43)35(40)34(24-11-13-25-38-36(41)45-28-32-20-7-3-8-21-32)47-48(44,46-29-33-22-9-4-10-23-33)27-14-12-19-31-17-5-2-6-18-31/h2-10,17-18,20-23,30,34H,11-16,19,24-29H2,1H3,(H-,38,41,42,43)/p+1/t30-,34+,39?,48?/m1/s1. The van der Waals surface area contributed by atoms with Crippen LogP contribution in [0.25, 0.3) is 0 Å². The van der Waals surface area contributed by atoms with E-state index in [-0.39, 0.29) is 38.9 Å². The number of nitrogens with zero attached hydrogens (tertiary/aromatic N) is 1. The molecule has 0 aromatic heterocycles. The molecule has 2 unspecified atom stereocenters. The van der Waals surface area contributed by atoms with Crippen molar-refractivity contribution in [2.75, 3.05) is 19.3 Å². The minimum absolute atomic E-state index is 0.0298. The van der Waals surface area contributed by atoms with Crippen molar-refractivity contribution in [3.8, 4) is 0 Å². The molecule has 2 N–H and O–H groups in total. The third-order valence-corrected chi connectivity index (χ3v) is 10.8. The highest BCUT2D eigenvalue weighted by Gasteiger charge is 2.56. The van der Waals surface area contributed by atoms with E-state index in [9.17, 15) is 24.1 Å². The molecule has 1 fully saturated rings. The molecule has 10 nitrogen and oxygen atoms in total. The van der Waals surface area contributed by atoms with E-state index in [1.165, 1.54) is 5.56 Å². The molecule has 1 heterocycles. The molecule has 3 amide bonds. The number of hydrogen-bond acceptors (Lipinski definition) is 7. The quantitative estimate of drug-likeness (QED) is 0.0784. The Kier molecular flexibility index (Phi) is 14.4. The number of imide groups is 1. The van der Waals surface area contributed by atoms with E-state index in [0.29, 0.717) is 32.1 Å². The zero-order valence-electron chi connectivity index (χ0n) is 27.7. The number of carbonyl (C=O) groups excluding carboxylic acids is 2. The second-order valence-corrected chi connectivity index (χ2v) is 14.5. The van der Waals surface area contributed by atoms with Gasteiger partial charge in [-0.25, -0.2) is 9.59 Å². The summed E-state index contributed by atoms with van der Waals surface area (Å²) in [6.07, 6.45) is 1.29. The van der Waals surface area contributed by atoms with Crippen LogP contribution >= 0.6 is 7.60 Å². The van der Waals surface area contributed by atoms with Crippen molar-refractivity contribution in [2.24, 2.45) is 0 Å². The van der Waals surface area contributed by atoms with Crippen LogP contribution < -0.4 is 5.32 Å². The van der Waals surface area contributed by atoms with Crippen molar-refractivity contribution in [3.05, 3.63) is 108 Å². The molecule has 0 bridgehead atoms. The van der Waals surface area contributed by atoms with Gasteiger partial charge in [0, 0.05) is 19.4 Å². The van der Waals surface area contributed by atoms with E-state index in [1.54, 1.807) is 6.92 Å². The Morgan fingerprint density at radius 1 is 0.854 bits per heavy atom. The maximum atomic E-state index is 14.4. The van der Waals surface area contributed by atoms with Gasteiger partial charge >= 0.3 is 25.7 Å². The number of aryl methyl sites for hydroxylation is 1. The van der Waals surface area contributed by atoms with Crippen molar-refractivity contribution >= 4 is 25.7 Å². The number of rotatable bonds is 18. The Morgan fingerprint density at radius 2 is 1.46 bits per heavy atom. The maximum Gasteiger partial charge on any atom is 0.521 e. The lowest BCUT2D eigenvalue weighted by atomic mass is 10.1. The number of alkyl carbamates (subject to hydrolysis) is 1. The zero-order valence-corrected chi connectivity index (χ0v) is 28.6. The molecule has 0 radical (unpaired) electrons. The fourth-order valence-corrected chi connectivity index (χ4v) is 7.88. The second kappa shape index (κ2) is 18.7. The third kappa shape index (κ3) is 10.9. The van der Waals surface area contributed by atoms with E-state index >= 15 is 0 Å². The molecule has 48 heavy (non-hydrogen) atoms. The summed E-state index contributed by atoms with van der Waals surface area (Å²) in [5.41, 5.74) is 2.85. The lowest BCUT2D eigenvalue weighted by molar-refractivity contribution is -0.794. The summed E-state index contributed by atoms with van der Waals surface area (Å²) >= 11 is 0. The van der Waals surface area contributed by atoms with Crippen molar-refractivity contribution in [1.29, 1.82) is 0 Å². The van der Waals surface area contributed by atoms with E-state index in [1.807, 2.05) is 91.0 Å². The molecule has 0 saturated carbocycles. The summed E-state index contributed by atoms with van der Waals surface area (Å²) in [6, 6.07) is 28.2. The molecule has 11 heteroatoms. The lowest BCUT2D eigenvalue weighted by Crippen LogP contribution is -2.62. The first kappa shape index (κ1) is 37.0. The molecule has 1 aliphatic heterocycles. The molecule has 0 aliphatic carbocycles. The molecular formula is C37H48N2O8P+. The highest BCUT2D eigenvalue weighted by atomic mass is 31.2. The summed E-state index contributed by atoms with van der Waals surface area (Å²) in [7, 11) is -3.86. The van der Waals surface area contributed by atoms with Crippen molar-refractivity contribution < 1.29 is 42.3 Å². The zero-order chi connectivity index (χ0) is 34.2. The van der Waals surface area contributed by atoms with Crippen LogP contribution in [-0.2, 0) is 42.8 Å². The van der Waals surface area contributed by atoms with Crippen molar-refractivity contribution in [3.63, 3.8) is 0 Å². The van der Waals surface area contributed by atoms with Crippen LogP contribution in [-0.4, -0.2) is 59.1 Å². The number of nitrogens with one attached hydrogen (secondary N) is 1. The molecule has 3 aromatic carbocycles. The second-order valence-electron chi connectivity index (χ2n) is 12.3. The van der Waals surface area contributed by atoms with Gasteiger partial charge in [0.1, 0.15) is 12.6 Å². The first-order chi connectivity index (χ1) is 23.2. The first-order valence-corrected chi connectivity index (χ1v) is 18.5. The Labute approximate surface area is 283 Å². The number of quaternary nitrogens is 1. The maximum absolute atomic E-state index is 14.4. The van der Waals surface area contributed by atoms with E-state index in [4.69, 9.17) is 13.8 Å². The van der Waals surface area contributed by atoms with Gasteiger partial charge in [-0.15, -0.1) is 0 Å². The summed E-state index contributed by atoms with van der Waals surface area (Å²) in [6.45, 7) is 2.37. The molecule has 4 rings (SSSR count). The summed E-state index contributed by atoms with van der Waals surface area (Å²) in [5, 5.41) is 13.0.